The SMILES string of the molecule is O=C(Nc1cc(F)ccc1Br)C1CNCc2ccccc21. The summed E-state index contributed by atoms with van der Waals surface area (Å²) in [5, 5.41) is 6.03. The Morgan fingerprint density at radius 2 is 2.10 bits per heavy atom. The molecule has 0 radical (unpaired) electrons. The molecule has 1 aliphatic rings. The molecule has 1 unspecified atom stereocenters. The number of hydrogen-bond donors (Lipinski definition) is 2. The third-order valence-electron chi connectivity index (χ3n) is 3.60. The molecule has 21 heavy (non-hydrogen) atoms. The number of rotatable bonds is 2. The lowest BCUT2D eigenvalue weighted by Gasteiger charge is -2.25. The highest BCUT2D eigenvalue weighted by molar-refractivity contribution is 9.10. The molecule has 0 fully saturated rings. The Hall–Kier alpha value is -1.72. The molecule has 2 aromatic carbocycles. The van der Waals surface area contributed by atoms with Gasteiger partial charge in [-0.2, -0.15) is 0 Å². The molecule has 5 heteroatoms. The van der Waals surface area contributed by atoms with Gasteiger partial charge in [-0.1, -0.05) is 24.3 Å². The summed E-state index contributed by atoms with van der Waals surface area (Å²) in [4.78, 5) is 12.5. The second-order valence-electron chi connectivity index (χ2n) is 5.00. The molecule has 0 aromatic heterocycles. The molecule has 0 aliphatic carbocycles. The van der Waals surface area contributed by atoms with Gasteiger partial charge in [0, 0.05) is 17.6 Å². The number of amides is 1. The van der Waals surface area contributed by atoms with Crippen molar-refractivity contribution >= 4 is 27.5 Å². The first kappa shape index (κ1) is 14.2. The lowest BCUT2D eigenvalue weighted by molar-refractivity contribution is -0.117. The summed E-state index contributed by atoms with van der Waals surface area (Å²) in [5.41, 5.74) is 2.60. The van der Waals surface area contributed by atoms with Crippen molar-refractivity contribution < 1.29 is 9.18 Å². The molecule has 3 nitrogen and oxygen atoms in total. The van der Waals surface area contributed by atoms with Crippen LogP contribution in [-0.4, -0.2) is 12.5 Å². The smallest absolute Gasteiger partial charge is 0.233 e. The van der Waals surface area contributed by atoms with Crippen LogP contribution in [0, 0.1) is 5.82 Å². The first-order chi connectivity index (χ1) is 10.1. The van der Waals surface area contributed by atoms with Crippen molar-refractivity contribution in [3.8, 4) is 0 Å². The van der Waals surface area contributed by atoms with E-state index in [4.69, 9.17) is 0 Å². The highest BCUT2D eigenvalue weighted by Crippen LogP contribution is 2.28. The maximum Gasteiger partial charge on any atom is 0.233 e. The minimum Gasteiger partial charge on any atom is -0.324 e. The third kappa shape index (κ3) is 2.99. The van der Waals surface area contributed by atoms with Crippen LogP contribution >= 0.6 is 15.9 Å². The molecule has 0 saturated carbocycles. The zero-order valence-corrected chi connectivity index (χ0v) is 12.8. The molecule has 2 N–H and O–H groups in total. The summed E-state index contributed by atoms with van der Waals surface area (Å²) in [6, 6.07) is 12.1. The summed E-state index contributed by atoms with van der Waals surface area (Å²) in [5.74, 6) is -0.790. The fourth-order valence-electron chi connectivity index (χ4n) is 2.54. The summed E-state index contributed by atoms with van der Waals surface area (Å²) < 4.78 is 14.0. The molecule has 108 valence electrons. The predicted octanol–water partition coefficient (Wildman–Crippen LogP) is 3.41. The van der Waals surface area contributed by atoms with Gasteiger partial charge < -0.3 is 10.6 Å². The monoisotopic (exact) mass is 348 g/mol. The number of fused-ring (bicyclic) bond motifs is 1. The van der Waals surface area contributed by atoms with Crippen LogP contribution < -0.4 is 10.6 Å². The maximum absolute atomic E-state index is 13.3. The van der Waals surface area contributed by atoms with Gasteiger partial charge in [-0.05, 0) is 45.3 Å². The highest BCUT2D eigenvalue weighted by atomic mass is 79.9. The van der Waals surface area contributed by atoms with Crippen molar-refractivity contribution in [2.45, 2.75) is 12.5 Å². The molecule has 1 heterocycles. The minimum absolute atomic E-state index is 0.138. The Morgan fingerprint density at radius 1 is 1.29 bits per heavy atom. The maximum atomic E-state index is 13.3. The summed E-state index contributed by atoms with van der Waals surface area (Å²) in [6.07, 6.45) is 0. The largest absolute Gasteiger partial charge is 0.324 e. The standard InChI is InChI=1S/C16H14BrFN2O/c17-14-6-5-11(18)7-15(14)20-16(21)13-9-19-8-10-3-1-2-4-12(10)13/h1-7,13,19H,8-9H2,(H,20,21). The molecule has 3 rings (SSSR count). The van der Waals surface area contributed by atoms with E-state index in [0.29, 0.717) is 16.7 Å². The van der Waals surface area contributed by atoms with Gasteiger partial charge in [-0.3, -0.25) is 4.79 Å². The second-order valence-corrected chi connectivity index (χ2v) is 5.85. The normalized spacial score (nSPS) is 17.1. The zero-order chi connectivity index (χ0) is 14.8. The van der Waals surface area contributed by atoms with Gasteiger partial charge in [0.2, 0.25) is 5.91 Å². The van der Waals surface area contributed by atoms with Crippen LogP contribution in [0.5, 0.6) is 0 Å². The Morgan fingerprint density at radius 3 is 2.95 bits per heavy atom. The van der Waals surface area contributed by atoms with Gasteiger partial charge >= 0.3 is 0 Å². The van der Waals surface area contributed by atoms with Crippen LogP contribution in [0.15, 0.2) is 46.9 Å². The number of carbonyl (C=O) groups is 1. The van der Waals surface area contributed by atoms with Crippen LogP contribution in [0.25, 0.3) is 0 Å². The van der Waals surface area contributed by atoms with E-state index >= 15 is 0 Å². The van der Waals surface area contributed by atoms with E-state index in [1.807, 2.05) is 24.3 Å². The van der Waals surface area contributed by atoms with Crippen LogP contribution in [-0.2, 0) is 11.3 Å². The van der Waals surface area contributed by atoms with Gasteiger partial charge in [0.25, 0.3) is 0 Å². The van der Waals surface area contributed by atoms with E-state index in [2.05, 4.69) is 26.6 Å². The minimum atomic E-state index is -0.379. The van der Waals surface area contributed by atoms with Crippen molar-refractivity contribution in [2.24, 2.45) is 0 Å². The molecular weight excluding hydrogens is 335 g/mol. The highest BCUT2D eigenvalue weighted by Gasteiger charge is 2.26. The Labute approximate surface area is 130 Å². The second kappa shape index (κ2) is 5.95. The summed E-state index contributed by atoms with van der Waals surface area (Å²) in [7, 11) is 0. The third-order valence-corrected chi connectivity index (χ3v) is 4.29. The Balaban J connectivity index is 1.85. The van der Waals surface area contributed by atoms with Gasteiger partial charge in [-0.25, -0.2) is 4.39 Å². The van der Waals surface area contributed by atoms with E-state index in [-0.39, 0.29) is 17.6 Å². The van der Waals surface area contributed by atoms with Crippen molar-refractivity contribution in [3.63, 3.8) is 0 Å². The topological polar surface area (TPSA) is 41.1 Å². The lowest BCUT2D eigenvalue weighted by Crippen LogP contribution is -2.35. The van der Waals surface area contributed by atoms with E-state index < -0.39 is 0 Å². The summed E-state index contributed by atoms with van der Waals surface area (Å²) >= 11 is 3.32. The van der Waals surface area contributed by atoms with E-state index in [1.165, 1.54) is 12.1 Å². The van der Waals surface area contributed by atoms with Crippen molar-refractivity contribution in [1.82, 2.24) is 5.32 Å². The molecular formula is C16H14BrFN2O. The number of benzene rings is 2. The number of hydrogen-bond acceptors (Lipinski definition) is 2. The summed E-state index contributed by atoms with van der Waals surface area (Å²) in [6.45, 7) is 1.35. The fraction of sp³-hybridized carbons (Fsp3) is 0.188. The van der Waals surface area contributed by atoms with E-state index in [1.54, 1.807) is 6.07 Å². The quantitative estimate of drug-likeness (QED) is 0.873. The van der Waals surface area contributed by atoms with E-state index in [0.717, 1.165) is 17.7 Å². The number of carbonyl (C=O) groups excluding carboxylic acids is 1. The molecule has 1 aliphatic heterocycles. The molecule has 0 bridgehead atoms. The molecule has 1 atom stereocenters. The number of nitrogens with one attached hydrogen (secondary N) is 2. The molecule has 2 aromatic rings. The van der Waals surface area contributed by atoms with Crippen molar-refractivity contribution in [2.75, 3.05) is 11.9 Å². The Kier molecular flexibility index (Phi) is 4.03. The lowest BCUT2D eigenvalue weighted by atomic mass is 9.90. The average molecular weight is 349 g/mol. The average Bonchev–Trinajstić information content (AvgIpc) is 2.50. The Bertz CT molecular complexity index is 690. The van der Waals surface area contributed by atoms with Gasteiger partial charge in [0.05, 0.1) is 11.6 Å². The van der Waals surface area contributed by atoms with E-state index in [9.17, 15) is 9.18 Å². The van der Waals surface area contributed by atoms with Crippen LogP contribution in [0.1, 0.15) is 17.0 Å². The number of halogens is 2. The van der Waals surface area contributed by atoms with Gasteiger partial charge in [-0.15, -0.1) is 0 Å². The first-order valence-electron chi connectivity index (χ1n) is 6.69. The van der Waals surface area contributed by atoms with Crippen molar-refractivity contribution in [3.05, 3.63) is 63.9 Å². The molecule has 0 saturated heterocycles. The fourth-order valence-corrected chi connectivity index (χ4v) is 2.89. The van der Waals surface area contributed by atoms with Crippen molar-refractivity contribution in [1.29, 1.82) is 0 Å². The van der Waals surface area contributed by atoms with Crippen LogP contribution in [0.2, 0.25) is 0 Å². The van der Waals surface area contributed by atoms with Crippen LogP contribution in [0.3, 0.4) is 0 Å². The van der Waals surface area contributed by atoms with Gasteiger partial charge in [0.15, 0.2) is 0 Å². The number of anilines is 1. The molecule has 0 spiro atoms. The van der Waals surface area contributed by atoms with Gasteiger partial charge in [0.1, 0.15) is 5.82 Å². The first-order valence-corrected chi connectivity index (χ1v) is 7.49. The molecule has 1 amide bonds. The van der Waals surface area contributed by atoms with Crippen LogP contribution in [0.4, 0.5) is 10.1 Å². The predicted molar refractivity (Wildman–Crippen MR) is 83.6 cm³/mol. The zero-order valence-electron chi connectivity index (χ0n) is 11.2.